The van der Waals surface area contributed by atoms with Gasteiger partial charge in [-0.3, -0.25) is 4.79 Å². The van der Waals surface area contributed by atoms with Crippen molar-refractivity contribution in [2.45, 2.75) is 12.4 Å². The smallest absolute Gasteiger partial charge is 0.435 e. The van der Waals surface area contributed by atoms with Crippen molar-refractivity contribution >= 4 is 11.6 Å². The van der Waals surface area contributed by atoms with E-state index < -0.39 is 29.6 Å². The molecule has 1 aliphatic heterocycles. The fourth-order valence-corrected chi connectivity index (χ4v) is 2.85. The van der Waals surface area contributed by atoms with Crippen LogP contribution in [0.1, 0.15) is 21.7 Å². The molecule has 1 aliphatic rings. The molecule has 0 atom stereocenters. The molecule has 0 aliphatic carbocycles. The van der Waals surface area contributed by atoms with Crippen molar-refractivity contribution in [3.63, 3.8) is 0 Å². The number of rotatable bonds is 3. The Morgan fingerprint density at radius 3 is 2.23 bits per heavy atom. The van der Waals surface area contributed by atoms with E-state index in [0.29, 0.717) is 11.5 Å². The van der Waals surface area contributed by atoms with Crippen LogP contribution in [0.15, 0.2) is 48.5 Å². The molecular formula is C19H11F6N3O3. The number of anilines is 1. The van der Waals surface area contributed by atoms with Gasteiger partial charge >= 0.3 is 12.4 Å². The molecule has 31 heavy (non-hydrogen) atoms. The second-order valence-electron chi connectivity index (χ2n) is 6.39. The van der Waals surface area contributed by atoms with Gasteiger partial charge in [-0.25, -0.2) is 4.68 Å². The van der Waals surface area contributed by atoms with Crippen LogP contribution in [0.2, 0.25) is 0 Å². The van der Waals surface area contributed by atoms with Crippen LogP contribution in [0.3, 0.4) is 0 Å². The maximum atomic E-state index is 13.2. The summed E-state index contributed by atoms with van der Waals surface area (Å²) in [5.74, 6) is 0.348. The van der Waals surface area contributed by atoms with Crippen molar-refractivity contribution < 1.29 is 40.6 Å². The highest BCUT2D eigenvalue weighted by Gasteiger charge is 2.42. The normalized spacial score (nSPS) is 13.4. The van der Waals surface area contributed by atoms with Crippen molar-refractivity contribution in [2.24, 2.45) is 0 Å². The third kappa shape index (κ3) is 4.13. The van der Waals surface area contributed by atoms with Gasteiger partial charge in [0.2, 0.25) is 6.79 Å². The maximum Gasteiger partial charge on any atom is 0.435 e. The van der Waals surface area contributed by atoms with Crippen molar-refractivity contribution in [2.75, 3.05) is 12.1 Å². The number of nitrogens with one attached hydrogen (secondary N) is 1. The standard InChI is InChI=1S/C19H11F6N3O3/c20-18(21,22)15-8-16(19(23,24)25)28(27-15)12-4-2-11(3-5-12)26-17(29)10-1-6-13-14(7-10)31-9-30-13/h1-8H,9H2,(H,26,29). The highest BCUT2D eigenvalue weighted by atomic mass is 19.4. The lowest BCUT2D eigenvalue weighted by Crippen LogP contribution is -2.14. The predicted octanol–water partition coefficient (Wildman–Crippen LogP) is 4.89. The Labute approximate surface area is 170 Å². The van der Waals surface area contributed by atoms with Crippen LogP contribution >= 0.6 is 0 Å². The van der Waals surface area contributed by atoms with E-state index in [-0.39, 0.29) is 34.5 Å². The third-order valence-corrected chi connectivity index (χ3v) is 4.29. The fraction of sp³-hybridized carbons (Fsp3) is 0.158. The van der Waals surface area contributed by atoms with Gasteiger partial charge in [0, 0.05) is 17.3 Å². The Balaban J connectivity index is 1.57. The third-order valence-electron chi connectivity index (χ3n) is 4.29. The first-order valence-corrected chi connectivity index (χ1v) is 8.58. The number of aromatic nitrogens is 2. The van der Waals surface area contributed by atoms with Gasteiger partial charge in [0.05, 0.1) is 5.69 Å². The van der Waals surface area contributed by atoms with Crippen molar-refractivity contribution in [1.82, 2.24) is 9.78 Å². The topological polar surface area (TPSA) is 65.4 Å². The molecule has 0 fully saturated rings. The van der Waals surface area contributed by atoms with Crippen LogP contribution in [0, 0.1) is 0 Å². The monoisotopic (exact) mass is 443 g/mol. The summed E-state index contributed by atoms with van der Waals surface area (Å²) in [4.78, 5) is 12.4. The van der Waals surface area contributed by atoms with Crippen molar-refractivity contribution in [3.8, 4) is 17.2 Å². The molecule has 1 N–H and O–H groups in total. The molecule has 162 valence electrons. The van der Waals surface area contributed by atoms with Crippen LogP contribution in [0.4, 0.5) is 32.0 Å². The molecule has 0 saturated carbocycles. The molecule has 0 saturated heterocycles. The van der Waals surface area contributed by atoms with Crippen LogP contribution < -0.4 is 14.8 Å². The average Bonchev–Trinajstić information content (AvgIpc) is 3.34. The predicted molar refractivity (Wildman–Crippen MR) is 94.1 cm³/mol. The SMILES string of the molecule is O=C(Nc1ccc(-n2nc(C(F)(F)F)cc2C(F)(F)F)cc1)c1ccc2c(c1)OCO2. The van der Waals surface area contributed by atoms with Crippen molar-refractivity contribution in [1.29, 1.82) is 0 Å². The second-order valence-corrected chi connectivity index (χ2v) is 6.39. The molecule has 2 aromatic carbocycles. The van der Waals surface area contributed by atoms with Crippen LogP contribution in [0.25, 0.3) is 5.69 Å². The van der Waals surface area contributed by atoms with Gasteiger partial charge in [-0.15, -0.1) is 0 Å². The van der Waals surface area contributed by atoms with Gasteiger partial charge < -0.3 is 14.8 Å². The van der Waals surface area contributed by atoms with E-state index in [1.807, 2.05) is 0 Å². The Bertz CT molecular complexity index is 1140. The number of alkyl halides is 6. The molecule has 1 aromatic heterocycles. The lowest BCUT2D eigenvalue weighted by atomic mass is 10.2. The summed E-state index contributed by atoms with van der Waals surface area (Å²) < 4.78 is 88.5. The van der Waals surface area contributed by atoms with Gasteiger partial charge in [-0.2, -0.15) is 31.4 Å². The van der Waals surface area contributed by atoms with Crippen LogP contribution in [-0.2, 0) is 12.4 Å². The average molecular weight is 443 g/mol. The Kier molecular flexibility index (Phi) is 4.79. The number of benzene rings is 2. The molecule has 4 rings (SSSR count). The van der Waals surface area contributed by atoms with Crippen molar-refractivity contribution in [3.05, 3.63) is 65.5 Å². The van der Waals surface area contributed by atoms with Gasteiger partial charge in [-0.05, 0) is 42.5 Å². The minimum Gasteiger partial charge on any atom is -0.454 e. The summed E-state index contributed by atoms with van der Waals surface area (Å²) in [6, 6.07) is 9.16. The number of halogens is 6. The molecule has 0 bridgehead atoms. The number of nitrogens with zero attached hydrogens (tertiary/aromatic N) is 2. The summed E-state index contributed by atoms with van der Waals surface area (Å²) in [7, 11) is 0. The zero-order valence-electron chi connectivity index (χ0n) is 15.2. The molecule has 0 unspecified atom stereocenters. The van der Waals surface area contributed by atoms with Gasteiger partial charge in [0.25, 0.3) is 5.91 Å². The van der Waals surface area contributed by atoms with E-state index in [2.05, 4.69) is 10.4 Å². The first-order chi connectivity index (χ1) is 14.5. The summed E-state index contributed by atoms with van der Waals surface area (Å²) in [5.41, 5.74) is -3.04. The summed E-state index contributed by atoms with van der Waals surface area (Å²) >= 11 is 0. The highest BCUT2D eigenvalue weighted by molar-refractivity contribution is 6.04. The molecule has 3 aromatic rings. The summed E-state index contributed by atoms with van der Waals surface area (Å²) in [6.45, 7) is 0.0330. The first-order valence-electron chi connectivity index (χ1n) is 8.58. The zero-order chi connectivity index (χ0) is 22.4. The lowest BCUT2D eigenvalue weighted by Gasteiger charge is -2.11. The van der Waals surface area contributed by atoms with Gasteiger partial charge in [0.1, 0.15) is 5.69 Å². The number of hydrogen-bond donors (Lipinski definition) is 1. The minimum atomic E-state index is -5.05. The number of ether oxygens (including phenoxy) is 2. The molecule has 0 spiro atoms. The van der Waals surface area contributed by atoms with Gasteiger partial charge in [0.15, 0.2) is 17.2 Å². The number of amides is 1. The maximum absolute atomic E-state index is 13.2. The molecule has 2 heterocycles. The number of carbonyl (C=O) groups excluding carboxylic acids is 1. The van der Waals surface area contributed by atoms with E-state index in [1.54, 1.807) is 6.07 Å². The van der Waals surface area contributed by atoms with Gasteiger partial charge in [-0.1, -0.05) is 0 Å². The number of carbonyl (C=O) groups is 1. The number of fused-ring (bicyclic) bond motifs is 1. The van der Waals surface area contributed by atoms with E-state index in [4.69, 9.17) is 9.47 Å². The molecule has 0 radical (unpaired) electrons. The van der Waals surface area contributed by atoms with E-state index >= 15 is 0 Å². The largest absolute Gasteiger partial charge is 0.454 e. The van der Waals surface area contributed by atoms with E-state index in [9.17, 15) is 31.1 Å². The highest BCUT2D eigenvalue weighted by Crippen LogP contribution is 2.36. The molecule has 6 nitrogen and oxygen atoms in total. The zero-order valence-corrected chi connectivity index (χ0v) is 15.2. The first kappa shape index (κ1) is 20.6. The Morgan fingerprint density at radius 2 is 1.58 bits per heavy atom. The molecular weight excluding hydrogens is 432 g/mol. The lowest BCUT2D eigenvalue weighted by molar-refractivity contribution is -0.143. The quantitative estimate of drug-likeness (QED) is 0.586. The minimum absolute atomic E-state index is 0.0330. The second kappa shape index (κ2) is 7.22. The number of hydrogen-bond acceptors (Lipinski definition) is 4. The molecule has 1 amide bonds. The summed E-state index contributed by atoms with van der Waals surface area (Å²) in [5, 5.41) is 5.58. The summed E-state index contributed by atoms with van der Waals surface area (Å²) in [6.07, 6.45) is -10.1. The molecule has 12 heteroatoms. The van der Waals surface area contributed by atoms with E-state index in [1.165, 1.54) is 24.3 Å². The fourth-order valence-electron chi connectivity index (χ4n) is 2.85. The van der Waals surface area contributed by atoms with Crippen LogP contribution in [0.5, 0.6) is 11.5 Å². The van der Waals surface area contributed by atoms with Crippen LogP contribution in [-0.4, -0.2) is 22.5 Å². The Morgan fingerprint density at radius 1 is 0.903 bits per heavy atom. The van der Waals surface area contributed by atoms with E-state index in [0.717, 1.165) is 12.1 Å². The Hall–Kier alpha value is -3.70.